The Morgan fingerprint density at radius 1 is 0.900 bits per heavy atom. The summed E-state index contributed by atoms with van der Waals surface area (Å²) in [6.07, 6.45) is 7.54. The molecule has 0 aliphatic heterocycles. The normalized spacial score (nSPS) is 6.90. The fraction of sp³-hybridized carbons (Fsp3) is 0.333. The Labute approximate surface area is 68.9 Å². The Kier molecular flexibility index (Phi) is 19.3. The van der Waals surface area contributed by atoms with Crippen LogP contribution in [-0.2, 0) is 0 Å². The van der Waals surface area contributed by atoms with E-state index in [1.807, 2.05) is 12.2 Å². The van der Waals surface area contributed by atoms with Crippen LogP contribution < -0.4 is 0 Å². The van der Waals surface area contributed by atoms with Crippen molar-refractivity contribution in [1.29, 1.82) is 0 Å². The summed E-state index contributed by atoms with van der Waals surface area (Å²) in [6.45, 7) is 10.4. The van der Waals surface area contributed by atoms with Gasteiger partial charge >= 0.3 is 0 Å². The summed E-state index contributed by atoms with van der Waals surface area (Å²) in [5.74, 6) is 0.556. The highest BCUT2D eigenvalue weighted by atomic mass is 35.5. The lowest BCUT2D eigenvalue weighted by atomic mass is 10.3. The lowest BCUT2D eigenvalue weighted by molar-refractivity contribution is 1.06. The molecule has 0 N–H and O–H groups in total. The summed E-state index contributed by atoms with van der Waals surface area (Å²) < 4.78 is 0. The SMILES string of the molecule is C=CCCC=C.C=CCCl. The van der Waals surface area contributed by atoms with Crippen LogP contribution in [-0.4, -0.2) is 5.88 Å². The average Bonchev–Trinajstić information content (AvgIpc) is 2.01. The second-order valence-corrected chi connectivity index (χ2v) is 1.91. The fourth-order valence-corrected chi connectivity index (χ4v) is 0.236. The summed E-state index contributed by atoms with van der Waals surface area (Å²) in [4.78, 5) is 0. The van der Waals surface area contributed by atoms with Gasteiger partial charge in [0.25, 0.3) is 0 Å². The van der Waals surface area contributed by atoms with Crippen LogP contribution >= 0.6 is 11.6 Å². The third-order valence-corrected chi connectivity index (χ3v) is 0.902. The van der Waals surface area contributed by atoms with Crippen molar-refractivity contribution < 1.29 is 0 Å². The first-order chi connectivity index (χ1) is 4.83. The van der Waals surface area contributed by atoms with Gasteiger partial charge in [0.15, 0.2) is 0 Å². The highest BCUT2D eigenvalue weighted by Crippen LogP contribution is 1.86. The van der Waals surface area contributed by atoms with Gasteiger partial charge in [-0.3, -0.25) is 0 Å². The molecule has 58 valence electrons. The molecule has 0 bridgehead atoms. The summed E-state index contributed by atoms with van der Waals surface area (Å²) in [5.41, 5.74) is 0. The van der Waals surface area contributed by atoms with Crippen molar-refractivity contribution in [2.24, 2.45) is 0 Å². The molecule has 0 amide bonds. The molecule has 0 saturated heterocycles. The van der Waals surface area contributed by atoms with E-state index in [1.54, 1.807) is 6.08 Å². The van der Waals surface area contributed by atoms with Crippen molar-refractivity contribution in [2.45, 2.75) is 12.8 Å². The number of alkyl halides is 1. The monoisotopic (exact) mass is 158 g/mol. The van der Waals surface area contributed by atoms with Gasteiger partial charge < -0.3 is 0 Å². The van der Waals surface area contributed by atoms with E-state index in [0.717, 1.165) is 12.8 Å². The van der Waals surface area contributed by atoms with Crippen molar-refractivity contribution >= 4 is 11.6 Å². The maximum Gasteiger partial charge on any atom is 0.0401 e. The third kappa shape index (κ3) is 25.8. The van der Waals surface area contributed by atoms with Crippen LogP contribution in [0.2, 0.25) is 0 Å². The van der Waals surface area contributed by atoms with E-state index in [4.69, 9.17) is 11.6 Å². The van der Waals surface area contributed by atoms with Gasteiger partial charge in [0.2, 0.25) is 0 Å². The maximum absolute atomic E-state index is 5.07. The number of halogens is 1. The molecule has 0 atom stereocenters. The van der Waals surface area contributed by atoms with Gasteiger partial charge in [-0.2, -0.15) is 0 Å². The summed E-state index contributed by atoms with van der Waals surface area (Å²) in [5, 5.41) is 0. The molecule has 0 rings (SSSR count). The van der Waals surface area contributed by atoms with Crippen molar-refractivity contribution in [3.63, 3.8) is 0 Å². The summed E-state index contributed by atoms with van der Waals surface area (Å²) in [7, 11) is 0. The molecule has 0 saturated carbocycles. The summed E-state index contributed by atoms with van der Waals surface area (Å²) in [6, 6.07) is 0. The van der Waals surface area contributed by atoms with E-state index in [-0.39, 0.29) is 0 Å². The van der Waals surface area contributed by atoms with Gasteiger partial charge in [-0.15, -0.1) is 31.3 Å². The standard InChI is InChI=1S/C6H10.C3H5Cl/c1-3-5-6-4-2;1-2-3-4/h3-4H,1-2,5-6H2;2H,1,3H2. The van der Waals surface area contributed by atoms with Gasteiger partial charge in [-0.05, 0) is 12.8 Å². The molecule has 0 spiro atoms. The van der Waals surface area contributed by atoms with Gasteiger partial charge in [0.05, 0.1) is 0 Å². The third-order valence-electron chi connectivity index (χ3n) is 0.684. The van der Waals surface area contributed by atoms with Crippen molar-refractivity contribution in [3.05, 3.63) is 38.0 Å². The van der Waals surface area contributed by atoms with E-state index in [1.165, 1.54) is 0 Å². The first kappa shape index (κ1) is 12.2. The minimum absolute atomic E-state index is 0.556. The Morgan fingerprint density at radius 3 is 1.30 bits per heavy atom. The zero-order valence-electron chi connectivity index (χ0n) is 6.35. The van der Waals surface area contributed by atoms with E-state index in [2.05, 4.69) is 19.7 Å². The second kappa shape index (κ2) is 15.8. The molecular weight excluding hydrogens is 144 g/mol. The van der Waals surface area contributed by atoms with Gasteiger partial charge in [-0.1, -0.05) is 18.2 Å². The largest absolute Gasteiger partial charge is 0.122 e. The smallest absolute Gasteiger partial charge is 0.0401 e. The van der Waals surface area contributed by atoms with Crippen molar-refractivity contribution in [2.75, 3.05) is 5.88 Å². The van der Waals surface area contributed by atoms with Crippen LogP contribution in [0.15, 0.2) is 38.0 Å². The van der Waals surface area contributed by atoms with Crippen molar-refractivity contribution in [1.82, 2.24) is 0 Å². The summed E-state index contributed by atoms with van der Waals surface area (Å²) >= 11 is 5.07. The molecule has 0 nitrogen and oxygen atoms in total. The lowest BCUT2D eigenvalue weighted by Gasteiger charge is -1.76. The molecule has 0 aromatic heterocycles. The van der Waals surface area contributed by atoms with Crippen LogP contribution in [0, 0.1) is 0 Å². The number of hydrogen-bond acceptors (Lipinski definition) is 0. The van der Waals surface area contributed by atoms with Crippen LogP contribution in [0.4, 0.5) is 0 Å². The van der Waals surface area contributed by atoms with Gasteiger partial charge in [-0.25, -0.2) is 0 Å². The second-order valence-electron chi connectivity index (χ2n) is 1.60. The molecule has 0 aromatic rings. The van der Waals surface area contributed by atoms with E-state index < -0.39 is 0 Å². The van der Waals surface area contributed by atoms with Crippen LogP contribution in [0.1, 0.15) is 12.8 Å². The quantitative estimate of drug-likeness (QED) is 0.334. The lowest BCUT2D eigenvalue weighted by Crippen LogP contribution is -1.56. The van der Waals surface area contributed by atoms with Crippen LogP contribution in [0.3, 0.4) is 0 Å². The Hall–Kier alpha value is -0.490. The molecule has 0 aliphatic rings. The molecule has 0 fully saturated rings. The number of unbranched alkanes of at least 4 members (excludes halogenated alkanes) is 1. The number of rotatable bonds is 4. The molecule has 0 aliphatic carbocycles. The predicted molar refractivity (Wildman–Crippen MR) is 50.5 cm³/mol. The minimum Gasteiger partial charge on any atom is -0.122 e. The topological polar surface area (TPSA) is 0 Å². The van der Waals surface area contributed by atoms with E-state index >= 15 is 0 Å². The average molecular weight is 159 g/mol. The van der Waals surface area contributed by atoms with Gasteiger partial charge in [0.1, 0.15) is 0 Å². The molecule has 0 unspecified atom stereocenters. The molecular formula is C9H15Cl. The maximum atomic E-state index is 5.07. The van der Waals surface area contributed by atoms with E-state index in [9.17, 15) is 0 Å². The van der Waals surface area contributed by atoms with Crippen LogP contribution in [0.25, 0.3) is 0 Å². The van der Waals surface area contributed by atoms with Gasteiger partial charge in [0, 0.05) is 5.88 Å². The first-order valence-electron chi connectivity index (χ1n) is 3.22. The highest BCUT2D eigenvalue weighted by molar-refractivity contribution is 6.18. The Balaban J connectivity index is 0. The molecule has 10 heavy (non-hydrogen) atoms. The zero-order valence-corrected chi connectivity index (χ0v) is 7.11. The molecule has 0 radical (unpaired) electrons. The molecule has 0 aromatic carbocycles. The Bertz CT molecular complexity index is 76.7. The number of allylic oxidation sites excluding steroid dienone is 3. The molecule has 1 heteroatoms. The fourth-order valence-electron chi connectivity index (χ4n) is 0.236. The van der Waals surface area contributed by atoms with Crippen LogP contribution in [0.5, 0.6) is 0 Å². The Morgan fingerprint density at radius 2 is 1.20 bits per heavy atom. The molecule has 0 heterocycles. The zero-order chi connectivity index (χ0) is 8.24. The number of hydrogen-bond donors (Lipinski definition) is 0. The van der Waals surface area contributed by atoms with Crippen molar-refractivity contribution in [3.8, 4) is 0 Å². The predicted octanol–water partition coefficient (Wildman–Crippen LogP) is 3.55. The van der Waals surface area contributed by atoms with E-state index in [0.29, 0.717) is 5.88 Å². The highest BCUT2D eigenvalue weighted by Gasteiger charge is 1.66. The minimum atomic E-state index is 0.556. The first-order valence-corrected chi connectivity index (χ1v) is 3.75.